The summed E-state index contributed by atoms with van der Waals surface area (Å²) in [6, 6.07) is 19.5. The van der Waals surface area contributed by atoms with Gasteiger partial charge in [0, 0.05) is 30.9 Å². The van der Waals surface area contributed by atoms with Gasteiger partial charge in [-0.3, -0.25) is 9.78 Å². The lowest BCUT2D eigenvalue weighted by molar-refractivity contribution is -0.140. The predicted molar refractivity (Wildman–Crippen MR) is 110 cm³/mol. The van der Waals surface area contributed by atoms with Crippen LogP contribution in [-0.4, -0.2) is 24.1 Å². The van der Waals surface area contributed by atoms with E-state index in [2.05, 4.69) is 20.5 Å². The molecule has 6 heteroatoms. The molecule has 0 saturated carbocycles. The summed E-state index contributed by atoms with van der Waals surface area (Å²) in [6.45, 7) is 4.28. The van der Waals surface area contributed by atoms with Crippen molar-refractivity contribution in [2.45, 2.75) is 13.8 Å². The van der Waals surface area contributed by atoms with E-state index in [1.54, 1.807) is 6.20 Å². The highest BCUT2D eigenvalue weighted by Crippen LogP contribution is 2.26. The van der Waals surface area contributed by atoms with E-state index in [4.69, 9.17) is 4.74 Å². The maximum absolute atomic E-state index is 10.8. The number of ether oxygens (including phenoxy) is 1. The number of aromatic nitrogens is 1. The number of benzene rings is 2. The second-order valence-electron chi connectivity index (χ2n) is 6.23. The molecule has 6 nitrogen and oxygen atoms in total. The molecule has 1 N–H and O–H groups in total. The molecule has 0 atom stereocenters. The third-order valence-corrected chi connectivity index (χ3v) is 4.03. The summed E-state index contributed by atoms with van der Waals surface area (Å²) >= 11 is 0. The van der Waals surface area contributed by atoms with Crippen molar-refractivity contribution >= 4 is 23.0 Å². The largest absolute Gasteiger partial charge is 0.464 e. The van der Waals surface area contributed by atoms with Crippen molar-refractivity contribution in [3.05, 3.63) is 72.4 Å². The second-order valence-corrected chi connectivity index (χ2v) is 6.23. The number of esters is 1. The SMILES string of the molecule is CC(=O)OCCNc1ccc(N=Nc2ccc(-c3ccccn3)cc2)c(C)c1. The topological polar surface area (TPSA) is 75.9 Å². The number of anilines is 1. The molecule has 28 heavy (non-hydrogen) atoms. The molecule has 0 spiro atoms. The van der Waals surface area contributed by atoms with Crippen LogP contribution in [0, 0.1) is 6.92 Å². The Morgan fingerprint density at radius 2 is 1.89 bits per heavy atom. The van der Waals surface area contributed by atoms with Crippen molar-refractivity contribution in [1.29, 1.82) is 0 Å². The molecule has 142 valence electrons. The van der Waals surface area contributed by atoms with Crippen LogP contribution >= 0.6 is 0 Å². The summed E-state index contributed by atoms with van der Waals surface area (Å²) in [4.78, 5) is 15.1. The fourth-order valence-corrected chi connectivity index (χ4v) is 2.61. The fourth-order valence-electron chi connectivity index (χ4n) is 2.61. The zero-order valence-electron chi connectivity index (χ0n) is 15.9. The van der Waals surface area contributed by atoms with Crippen LogP contribution in [0.3, 0.4) is 0 Å². The average molecular weight is 374 g/mol. The lowest BCUT2D eigenvalue weighted by atomic mass is 10.1. The van der Waals surface area contributed by atoms with E-state index in [-0.39, 0.29) is 5.97 Å². The number of azo groups is 1. The second kappa shape index (κ2) is 9.41. The number of carbonyl (C=O) groups excluding carboxylic acids is 1. The lowest BCUT2D eigenvalue weighted by Crippen LogP contribution is -2.11. The van der Waals surface area contributed by atoms with Gasteiger partial charge in [0.15, 0.2) is 0 Å². The quantitative estimate of drug-likeness (QED) is 0.339. The number of rotatable bonds is 7. The van der Waals surface area contributed by atoms with Crippen LogP contribution in [0.15, 0.2) is 77.1 Å². The molecule has 0 bridgehead atoms. The maximum Gasteiger partial charge on any atom is 0.302 e. The van der Waals surface area contributed by atoms with Gasteiger partial charge in [-0.2, -0.15) is 10.2 Å². The lowest BCUT2D eigenvalue weighted by Gasteiger charge is -2.08. The third-order valence-electron chi connectivity index (χ3n) is 4.03. The van der Waals surface area contributed by atoms with Crippen LogP contribution in [0.5, 0.6) is 0 Å². The Morgan fingerprint density at radius 1 is 1.07 bits per heavy atom. The van der Waals surface area contributed by atoms with Crippen molar-refractivity contribution in [3.63, 3.8) is 0 Å². The molecule has 0 saturated heterocycles. The average Bonchev–Trinajstić information content (AvgIpc) is 2.71. The first kappa shape index (κ1) is 19.2. The van der Waals surface area contributed by atoms with Crippen LogP contribution in [0.2, 0.25) is 0 Å². The number of hydrogen-bond acceptors (Lipinski definition) is 6. The molecule has 0 amide bonds. The van der Waals surface area contributed by atoms with Crippen LogP contribution in [0.25, 0.3) is 11.3 Å². The smallest absolute Gasteiger partial charge is 0.302 e. The minimum absolute atomic E-state index is 0.276. The highest BCUT2D eigenvalue weighted by atomic mass is 16.5. The van der Waals surface area contributed by atoms with Crippen molar-refractivity contribution in [1.82, 2.24) is 4.98 Å². The van der Waals surface area contributed by atoms with Crippen molar-refractivity contribution < 1.29 is 9.53 Å². The van der Waals surface area contributed by atoms with E-state index in [1.807, 2.05) is 67.6 Å². The molecular weight excluding hydrogens is 352 g/mol. The minimum Gasteiger partial charge on any atom is -0.464 e. The molecule has 3 rings (SSSR count). The Bertz CT molecular complexity index is 954. The molecule has 2 aromatic carbocycles. The van der Waals surface area contributed by atoms with Crippen LogP contribution in [0.1, 0.15) is 12.5 Å². The Morgan fingerprint density at radius 3 is 2.57 bits per heavy atom. The molecule has 1 aromatic heterocycles. The van der Waals surface area contributed by atoms with E-state index in [9.17, 15) is 4.79 Å². The molecular formula is C22H22N4O2. The Balaban J connectivity index is 1.61. The molecule has 3 aromatic rings. The summed E-state index contributed by atoms with van der Waals surface area (Å²) in [6.07, 6.45) is 1.78. The van der Waals surface area contributed by atoms with Gasteiger partial charge in [0.1, 0.15) is 6.61 Å². The van der Waals surface area contributed by atoms with E-state index < -0.39 is 0 Å². The number of nitrogens with one attached hydrogen (secondary N) is 1. The maximum atomic E-state index is 10.8. The van der Waals surface area contributed by atoms with Crippen molar-refractivity contribution in [2.24, 2.45) is 10.2 Å². The first-order valence-electron chi connectivity index (χ1n) is 9.03. The highest BCUT2D eigenvalue weighted by molar-refractivity contribution is 5.66. The van der Waals surface area contributed by atoms with Gasteiger partial charge in [-0.1, -0.05) is 18.2 Å². The van der Waals surface area contributed by atoms with E-state index in [1.165, 1.54) is 6.92 Å². The van der Waals surface area contributed by atoms with Crippen molar-refractivity contribution in [2.75, 3.05) is 18.5 Å². The Hall–Kier alpha value is -3.54. The molecule has 0 radical (unpaired) electrons. The minimum atomic E-state index is -0.276. The summed E-state index contributed by atoms with van der Waals surface area (Å²) < 4.78 is 4.90. The summed E-state index contributed by atoms with van der Waals surface area (Å²) in [5, 5.41) is 11.9. The van der Waals surface area contributed by atoms with Gasteiger partial charge < -0.3 is 10.1 Å². The summed E-state index contributed by atoms with van der Waals surface area (Å²) in [7, 11) is 0. The zero-order valence-corrected chi connectivity index (χ0v) is 15.9. The Labute approximate surface area is 164 Å². The standard InChI is InChI=1S/C22H22N4O2/c1-16-15-20(23-13-14-28-17(2)27)10-11-21(16)26-25-19-8-6-18(7-9-19)22-5-3-4-12-24-22/h3-12,15,23H,13-14H2,1-2H3. The highest BCUT2D eigenvalue weighted by Gasteiger charge is 2.01. The summed E-state index contributed by atoms with van der Waals surface area (Å²) in [5.74, 6) is -0.276. The molecule has 0 fully saturated rings. The van der Waals surface area contributed by atoms with Gasteiger partial charge in [0.25, 0.3) is 0 Å². The molecule has 0 aliphatic heterocycles. The van der Waals surface area contributed by atoms with Crippen molar-refractivity contribution in [3.8, 4) is 11.3 Å². The number of carbonyl (C=O) groups is 1. The number of aryl methyl sites for hydroxylation is 1. The first-order chi connectivity index (χ1) is 13.6. The number of pyridine rings is 1. The van der Waals surface area contributed by atoms with Gasteiger partial charge in [0.05, 0.1) is 17.1 Å². The Kier molecular flexibility index (Phi) is 6.46. The third kappa shape index (κ3) is 5.48. The van der Waals surface area contributed by atoms with E-state index >= 15 is 0 Å². The first-order valence-corrected chi connectivity index (χ1v) is 9.03. The van der Waals surface area contributed by atoms with Gasteiger partial charge in [-0.15, -0.1) is 0 Å². The fraction of sp³-hybridized carbons (Fsp3) is 0.182. The van der Waals surface area contributed by atoms with E-state index in [0.717, 1.165) is 33.9 Å². The van der Waals surface area contributed by atoms with Gasteiger partial charge >= 0.3 is 5.97 Å². The van der Waals surface area contributed by atoms with Gasteiger partial charge in [-0.05, 0) is 55.0 Å². The molecule has 1 heterocycles. The van der Waals surface area contributed by atoms with Crippen LogP contribution in [0.4, 0.5) is 17.1 Å². The van der Waals surface area contributed by atoms with Gasteiger partial charge in [-0.25, -0.2) is 0 Å². The monoisotopic (exact) mass is 374 g/mol. The molecule has 0 aliphatic rings. The molecule has 0 unspecified atom stereocenters. The zero-order chi connectivity index (χ0) is 19.8. The van der Waals surface area contributed by atoms with Crippen LogP contribution in [-0.2, 0) is 9.53 Å². The summed E-state index contributed by atoms with van der Waals surface area (Å²) in [5.41, 5.74) is 5.51. The van der Waals surface area contributed by atoms with E-state index in [0.29, 0.717) is 13.2 Å². The van der Waals surface area contributed by atoms with Crippen LogP contribution < -0.4 is 5.32 Å². The number of nitrogens with zero attached hydrogens (tertiary/aromatic N) is 3. The van der Waals surface area contributed by atoms with Gasteiger partial charge in [0.2, 0.25) is 0 Å². The molecule has 0 aliphatic carbocycles. The number of hydrogen-bond donors (Lipinski definition) is 1. The normalized spacial score (nSPS) is 10.8. The predicted octanol–water partition coefficient (Wildman–Crippen LogP) is 5.45.